The van der Waals surface area contributed by atoms with E-state index in [1.165, 1.54) is 16.0 Å². The minimum Gasteiger partial charge on any atom is -0.462 e. The van der Waals surface area contributed by atoms with Crippen LogP contribution in [0.1, 0.15) is 59.6 Å². The number of halogens is 1. The van der Waals surface area contributed by atoms with E-state index in [1.807, 2.05) is 0 Å². The van der Waals surface area contributed by atoms with E-state index in [0.29, 0.717) is 35.1 Å². The molecule has 11 heteroatoms. The number of hydrogen-bond donors (Lipinski definition) is 1. The number of nitro groups is 1. The van der Waals surface area contributed by atoms with Crippen molar-refractivity contribution in [3.8, 4) is 0 Å². The van der Waals surface area contributed by atoms with Crippen LogP contribution in [-0.2, 0) is 28.9 Å². The first kappa shape index (κ1) is 23.2. The van der Waals surface area contributed by atoms with E-state index in [9.17, 15) is 19.7 Å². The normalized spacial score (nSPS) is 15.4. The summed E-state index contributed by atoms with van der Waals surface area (Å²) in [5.41, 5.74) is 1.96. The fourth-order valence-electron chi connectivity index (χ4n) is 3.68. The highest BCUT2D eigenvalue weighted by atomic mass is 35.5. The van der Waals surface area contributed by atoms with Crippen LogP contribution in [0.25, 0.3) is 0 Å². The number of nitrogens with one attached hydrogen (secondary N) is 1. The molecule has 0 saturated carbocycles. The first-order chi connectivity index (χ1) is 14.7. The third-order valence-corrected chi connectivity index (χ3v) is 6.92. The molecule has 0 radical (unpaired) electrons. The second-order valence-corrected chi connectivity index (χ2v) is 9.11. The van der Waals surface area contributed by atoms with Gasteiger partial charge in [-0.25, -0.2) is 4.79 Å². The van der Waals surface area contributed by atoms with Crippen LogP contribution in [0.2, 0.25) is 5.02 Å². The zero-order valence-corrected chi connectivity index (χ0v) is 19.3. The number of nitrogens with zero attached hydrogens (tertiary/aromatic N) is 3. The van der Waals surface area contributed by atoms with Crippen LogP contribution in [-0.4, -0.2) is 33.2 Å². The number of anilines is 1. The zero-order chi connectivity index (χ0) is 22.7. The SMILES string of the molecule is CCOC(=O)c1c(NC(=O)CCCn2nc([N+](=O)[O-])c(Cl)c2C)sc2c1CCC(C)C2. The monoisotopic (exact) mass is 468 g/mol. The van der Waals surface area contributed by atoms with Crippen molar-refractivity contribution in [3.05, 3.63) is 36.8 Å². The van der Waals surface area contributed by atoms with Gasteiger partial charge in [0.25, 0.3) is 0 Å². The van der Waals surface area contributed by atoms with E-state index < -0.39 is 10.9 Å². The molecule has 168 valence electrons. The first-order valence-electron chi connectivity index (χ1n) is 10.2. The molecule has 1 N–H and O–H groups in total. The Morgan fingerprint density at radius 3 is 2.84 bits per heavy atom. The smallest absolute Gasteiger partial charge is 0.408 e. The molecule has 1 amide bonds. The predicted octanol–water partition coefficient (Wildman–Crippen LogP) is 4.54. The molecule has 2 aromatic rings. The van der Waals surface area contributed by atoms with Gasteiger partial charge in [0.05, 0.1) is 29.5 Å². The number of carbonyl (C=O) groups is 2. The first-order valence-corrected chi connectivity index (χ1v) is 11.4. The van der Waals surface area contributed by atoms with Gasteiger partial charge < -0.3 is 20.2 Å². The molecule has 0 spiro atoms. The van der Waals surface area contributed by atoms with Crippen molar-refractivity contribution in [1.82, 2.24) is 9.78 Å². The summed E-state index contributed by atoms with van der Waals surface area (Å²) in [4.78, 5) is 36.6. The van der Waals surface area contributed by atoms with Crippen LogP contribution in [0.5, 0.6) is 0 Å². The number of esters is 1. The van der Waals surface area contributed by atoms with E-state index >= 15 is 0 Å². The summed E-state index contributed by atoms with van der Waals surface area (Å²) in [5.74, 6) is -0.486. The third-order valence-electron chi connectivity index (χ3n) is 5.31. The highest BCUT2D eigenvalue weighted by molar-refractivity contribution is 7.17. The Hall–Kier alpha value is -2.46. The summed E-state index contributed by atoms with van der Waals surface area (Å²) in [7, 11) is 0. The Morgan fingerprint density at radius 2 is 2.19 bits per heavy atom. The van der Waals surface area contributed by atoms with Crippen LogP contribution in [0.3, 0.4) is 0 Å². The van der Waals surface area contributed by atoms with Gasteiger partial charge in [0.1, 0.15) is 5.00 Å². The number of aryl methyl sites for hydroxylation is 1. The molecule has 1 unspecified atom stereocenters. The van der Waals surface area contributed by atoms with Gasteiger partial charge in [-0.3, -0.25) is 4.79 Å². The Morgan fingerprint density at radius 1 is 1.45 bits per heavy atom. The van der Waals surface area contributed by atoms with Crippen molar-refractivity contribution in [2.24, 2.45) is 5.92 Å². The Kier molecular flexibility index (Phi) is 7.32. The zero-order valence-electron chi connectivity index (χ0n) is 17.7. The lowest BCUT2D eigenvalue weighted by molar-refractivity contribution is -0.389. The molecule has 31 heavy (non-hydrogen) atoms. The highest BCUT2D eigenvalue weighted by Crippen LogP contribution is 2.40. The topological polar surface area (TPSA) is 116 Å². The molecular weight excluding hydrogens is 444 g/mol. The molecule has 0 fully saturated rings. The highest BCUT2D eigenvalue weighted by Gasteiger charge is 2.29. The van der Waals surface area contributed by atoms with E-state index in [2.05, 4.69) is 17.3 Å². The lowest BCUT2D eigenvalue weighted by atomic mass is 9.88. The summed E-state index contributed by atoms with van der Waals surface area (Å²) in [6.07, 6.45) is 3.28. The molecular formula is C20H25ClN4O5S. The molecule has 9 nitrogen and oxygen atoms in total. The molecule has 1 aliphatic rings. The van der Waals surface area contributed by atoms with Gasteiger partial charge in [0.15, 0.2) is 5.02 Å². The lowest BCUT2D eigenvalue weighted by Crippen LogP contribution is -2.17. The average molecular weight is 469 g/mol. The van der Waals surface area contributed by atoms with Crippen molar-refractivity contribution in [2.75, 3.05) is 11.9 Å². The third kappa shape index (κ3) is 5.07. The standard InChI is InChI=1S/C20H25ClN4O5S/c1-4-30-20(27)16-13-8-7-11(2)10-14(13)31-19(16)22-15(26)6-5-9-24-12(3)17(21)18(23-24)25(28)29/h11H,4-10H2,1-3H3,(H,22,26). The van der Waals surface area contributed by atoms with Gasteiger partial charge in [0.2, 0.25) is 5.91 Å². The van der Waals surface area contributed by atoms with Crippen LogP contribution in [0, 0.1) is 23.0 Å². The Bertz CT molecular complexity index is 1020. The van der Waals surface area contributed by atoms with Crippen molar-refractivity contribution in [1.29, 1.82) is 0 Å². The maximum atomic E-state index is 12.6. The van der Waals surface area contributed by atoms with Crippen molar-refractivity contribution in [2.45, 2.75) is 59.4 Å². The maximum absolute atomic E-state index is 12.6. The maximum Gasteiger partial charge on any atom is 0.408 e. The predicted molar refractivity (Wildman–Crippen MR) is 118 cm³/mol. The van der Waals surface area contributed by atoms with Crippen LogP contribution in [0.4, 0.5) is 10.8 Å². The molecule has 2 aromatic heterocycles. The van der Waals surface area contributed by atoms with Crippen molar-refractivity contribution < 1.29 is 19.2 Å². The average Bonchev–Trinajstić information content (AvgIpc) is 3.19. The number of thiophene rings is 1. The van der Waals surface area contributed by atoms with Gasteiger partial charge in [-0.1, -0.05) is 18.5 Å². The van der Waals surface area contributed by atoms with Crippen LogP contribution >= 0.6 is 22.9 Å². The number of amides is 1. The molecule has 1 atom stereocenters. The fourth-order valence-corrected chi connectivity index (χ4v) is 5.30. The van der Waals surface area contributed by atoms with E-state index in [0.717, 1.165) is 29.7 Å². The van der Waals surface area contributed by atoms with Crippen LogP contribution in [0.15, 0.2) is 0 Å². The molecule has 1 aliphatic carbocycles. The summed E-state index contributed by atoms with van der Waals surface area (Å²) in [6.45, 7) is 6.16. The number of hydrogen-bond acceptors (Lipinski definition) is 7. The molecule has 0 bridgehead atoms. The van der Waals surface area contributed by atoms with Gasteiger partial charge >= 0.3 is 11.8 Å². The van der Waals surface area contributed by atoms with Crippen molar-refractivity contribution in [3.63, 3.8) is 0 Å². The minimum atomic E-state index is -0.630. The number of carbonyl (C=O) groups excluding carboxylic acids is 2. The molecule has 2 heterocycles. The van der Waals surface area contributed by atoms with Gasteiger partial charge in [-0.15, -0.1) is 11.3 Å². The minimum absolute atomic E-state index is 0.00641. The Labute approximate surface area is 188 Å². The van der Waals surface area contributed by atoms with E-state index in [1.54, 1.807) is 13.8 Å². The number of aromatic nitrogens is 2. The van der Waals surface area contributed by atoms with Gasteiger partial charge in [-0.05, 0) is 55.9 Å². The quantitative estimate of drug-likeness (QED) is 0.345. The van der Waals surface area contributed by atoms with E-state index in [4.69, 9.17) is 16.3 Å². The number of ether oxygens (including phenoxy) is 1. The molecule has 0 aromatic carbocycles. The summed E-state index contributed by atoms with van der Waals surface area (Å²) >= 11 is 7.39. The van der Waals surface area contributed by atoms with Gasteiger partial charge in [0, 0.05) is 11.3 Å². The van der Waals surface area contributed by atoms with Gasteiger partial charge in [-0.2, -0.15) is 4.68 Å². The second-order valence-electron chi connectivity index (χ2n) is 7.63. The molecule has 3 rings (SSSR count). The molecule has 0 aliphatic heterocycles. The van der Waals surface area contributed by atoms with E-state index in [-0.39, 0.29) is 29.8 Å². The fraction of sp³-hybridized carbons (Fsp3) is 0.550. The second kappa shape index (κ2) is 9.78. The lowest BCUT2D eigenvalue weighted by Gasteiger charge is -2.18. The summed E-state index contributed by atoms with van der Waals surface area (Å²) in [5, 5.41) is 18.3. The summed E-state index contributed by atoms with van der Waals surface area (Å²) in [6, 6.07) is 0. The Balaban J connectivity index is 1.67. The largest absolute Gasteiger partial charge is 0.462 e. The number of rotatable bonds is 8. The van der Waals surface area contributed by atoms with Crippen LogP contribution < -0.4 is 5.32 Å². The van der Waals surface area contributed by atoms with Crippen molar-refractivity contribution >= 4 is 45.6 Å². The number of fused-ring (bicyclic) bond motifs is 1. The summed E-state index contributed by atoms with van der Waals surface area (Å²) < 4.78 is 6.66. The molecule has 0 saturated heterocycles.